The molecule has 0 heterocycles. The van der Waals surface area contributed by atoms with Gasteiger partial charge in [-0.25, -0.2) is 0 Å². The third kappa shape index (κ3) is 2.39. The molecule has 21 heavy (non-hydrogen) atoms. The Morgan fingerprint density at radius 3 is 1.33 bits per heavy atom. The molecule has 0 amide bonds. The second-order valence-corrected chi connectivity index (χ2v) is 4.92. The Morgan fingerprint density at radius 2 is 1.00 bits per heavy atom. The molecule has 2 aromatic rings. The molecule has 6 heteroatoms. The Balaban J connectivity index is 2.06. The van der Waals surface area contributed by atoms with Crippen LogP contribution in [0.1, 0.15) is 22.3 Å². The van der Waals surface area contributed by atoms with Gasteiger partial charge in [0.25, 0.3) is 0 Å². The van der Waals surface area contributed by atoms with Crippen LogP contribution in [0.15, 0.2) is 36.4 Å². The van der Waals surface area contributed by atoms with Crippen LogP contribution < -0.4 is 0 Å². The number of alkyl halides is 6. The predicted molar refractivity (Wildman–Crippen MR) is 64.7 cm³/mol. The molecule has 3 rings (SSSR count). The van der Waals surface area contributed by atoms with E-state index in [0.717, 1.165) is 24.3 Å². The monoisotopic (exact) mass is 302 g/mol. The minimum Gasteiger partial charge on any atom is -0.166 e. The lowest BCUT2D eigenvalue weighted by atomic mass is 10.0. The van der Waals surface area contributed by atoms with Gasteiger partial charge in [0.1, 0.15) is 0 Å². The zero-order valence-corrected chi connectivity index (χ0v) is 10.4. The van der Waals surface area contributed by atoms with Crippen molar-refractivity contribution in [3.63, 3.8) is 0 Å². The first-order valence-electron chi connectivity index (χ1n) is 6.07. The second kappa shape index (κ2) is 4.26. The Kier molecular flexibility index (Phi) is 2.83. The molecule has 0 nitrogen and oxygen atoms in total. The fourth-order valence-corrected chi connectivity index (χ4v) is 2.56. The molecule has 0 atom stereocenters. The van der Waals surface area contributed by atoms with Gasteiger partial charge in [-0.3, -0.25) is 0 Å². The summed E-state index contributed by atoms with van der Waals surface area (Å²) in [5.74, 6) is 0. The van der Waals surface area contributed by atoms with E-state index in [2.05, 4.69) is 0 Å². The largest absolute Gasteiger partial charge is 0.416 e. The standard InChI is InChI=1S/C15H8F6/c16-14(17,18)10-1-3-12-8(6-10)5-9-7-11(15(19,20)21)2-4-13(9)12/h1-4,6-7H,5H2. The first-order chi connectivity index (χ1) is 9.66. The van der Waals surface area contributed by atoms with Crippen molar-refractivity contribution in [1.29, 1.82) is 0 Å². The lowest BCUT2D eigenvalue weighted by Gasteiger charge is -2.09. The second-order valence-electron chi connectivity index (χ2n) is 4.92. The molecule has 1 aliphatic carbocycles. The van der Waals surface area contributed by atoms with Gasteiger partial charge >= 0.3 is 12.4 Å². The average Bonchev–Trinajstić information content (AvgIpc) is 2.73. The van der Waals surface area contributed by atoms with Crippen molar-refractivity contribution >= 4 is 0 Å². The fourth-order valence-electron chi connectivity index (χ4n) is 2.56. The van der Waals surface area contributed by atoms with Crippen LogP contribution in [-0.4, -0.2) is 0 Å². The molecule has 0 saturated carbocycles. The molecule has 2 aromatic carbocycles. The minimum absolute atomic E-state index is 0.0819. The first-order valence-corrected chi connectivity index (χ1v) is 6.07. The maximum Gasteiger partial charge on any atom is 0.416 e. The summed E-state index contributed by atoms with van der Waals surface area (Å²) >= 11 is 0. The maximum atomic E-state index is 12.7. The lowest BCUT2D eigenvalue weighted by molar-refractivity contribution is -0.138. The molecule has 0 N–H and O–H groups in total. The summed E-state index contributed by atoms with van der Waals surface area (Å²) in [4.78, 5) is 0. The summed E-state index contributed by atoms with van der Waals surface area (Å²) in [6, 6.07) is 6.54. The van der Waals surface area contributed by atoms with E-state index in [1.54, 1.807) is 0 Å². The van der Waals surface area contributed by atoms with Gasteiger partial charge in [-0.1, -0.05) is 12.1 Å². The minimum atomic E-state index is -4.46. The van der Waals surface area contributed by atoms with Crippen molar-refractivity contribution in [2.24, 2.45) is 0 Å². The van der Waals surface area contributed by atoms with Gasteiger partial charge < -0.3 is 0 Å². The lowest BCUT2D eigenvalue weighted by Crippen LogP contribution is -2.05. The van der Waals surface area contributed by atoms with Crippen LogP contribution in [0, 0.1) is 0 Å². The fraction of sp³-hybridized carbons (Fsp3) is 0.200. The van der Waals surface area contributed by atoms with E-state index >= 15 is 0 Å². The maximum absolute atomic E-state index is 12.7. The quantitative estimate of drug-likeness (QED) is 0.495. The van der Waals surface area contributed by atoms with Gasteiger partial charge in [0.05, 0.1) is 11.1 Å². The van der Waals surface area contributed by atoms with Crippen LogP contribution >= 0.6 is 0 Å². The summed E-state index contributed by atoms with van der Waals surface area (Å²) in [6.07, 6.45) is -8.83. The number of hydrogen-bond donors (Lipinski definition) is 0. The molecule has 0 bridgehead atoms. The molecule has 1 aliphatic rings. The summed E-state index contributed by atoms with van der Waals surface area (Å²) in [5, 5.41) is 0. The Bertz CT molecular complexity index is 648. The highest BCUT2D eigenvalue weighted by Crippen LogP contribution is 2.42. The highest BCUT2D eigenvalue weighted by molar-refractivity contribution is 5.77. The Labute approximate surface area is 116 Å². The third-order valence-electron chi connectivity index (χ3n) is 3.54. The Hall–Kier alpha value is -1.98. The molecule has 0 fully saturated rings. The van der Waals surface area contributed by atoms with Gasteiger partial charge in [-0.2, -0.15) is 26.3 Å². The van der Waals surface area contributed by atoms with Crippen LogP contribution in [0.25, 0.3) is 11.1 Å². The molecule has 110 valence electrons. The van der Waals surface area contributed by atoms with E-state index in [1.165, 1.54) is 12.1 Å². The van der Waals surface area contributed by atoms with Crippen molar-refractivity contribution in [2.45, 2.75) is 18.8 Å². The number of hydrogen-bond acceptors (Lipinski definition) is 0. The van der Waals surface area contributed by atoms with E-state index in [1.807, 2.05) is 0 Å². The number of benzene rings is 2. The molecular weight excluding hydrogens is 294 g/mol. The van der Waals surface area contributed by atoms with Crippen molar-refractivity contribution in [2.75, 3.05) is 0 Å². The summed E-state index contributed by atoms with van der Waals surface area (Å²) in [5.41, 5.74) is 0.354. The zero-order chi connectivity index (χ0) is 15.4. The van der Waals surface area contributed by atoms with Crippen LogP contribution in [0.4, 0.5) is 26.3 Å². The molecule has 0 saturated heterocycles. The molecular formula is C15H8F6. The van der Waals surface area contributed by atoms with Crippen molar-refractivity contribution in [1.82, 2.24) is 0 Å². The molecule has 0 spiro atoms. The van der Waals surface area contributed by atoms with Gasteiger partial charge in [-0.15, -0.1) is 0 Å². The van der Waals surface area contributed by atoms with Gasteiger partial charge in [0.15, 0.2) is 0 Å². The van der Waals surface area contributed by atoms with E-state index in [9.17, 15) is 26.3 Å². The van der Waals surface area contributed by atoms with Crippen molar-refractivity contribution in [3.05, 3.63) is 58.7 Å². The van der Waals surface area contributed by atoms with Crippen LogP contribution in [-0.2, 0) is 18.8 Å². The van der Waals surface area contributed by atoms with E-state index in [-0.39, 0.29) is 6.42 Å². The highest BCUT2D eigenvalue weighted by atomic mass is 19.4. The molecule has 0 unspecified atom stereocenters. The smallest absolute Gasteiger partial charge is 0.166 e. The number of halogens is 6. The van der Waals surface area contributed by atoms with Gasteiger partial charge in [0, 0.05) is 0 Å². The zero-order valence-electron chi connectivity index (χ0n) is 10.4. The predicted octanol–water partition coefficient (Wildman–Crippen LogP) is 5.30. The third-order valence-corrected chi connectivity index (χ3v) is 3.54. The van der Waals surface area contributed by atoms with Crippen LogP contribution in [0.2, 0.25) is 0 Å². The SMILES string of the molecule is FC(F)(F)c1ccc2c(c1)Cc1cc(C(F)(F)F)ccc1-2. The van der Waals surface area contributed by atoms with Crippen LogP contribution in [0.5, 0.6) is 0 Å². The van der Waals surface area contributed by atoms with Crippen molar-refractivity contribution in [3.8, 4) is 11.1 Å². The molecule has 0 aromatic heterocycles. The average molecular weight is 302 g/mol. The van der Waals surface area contributed by atoms with Crippen molar-refractivity contribution < 1.29 is 26.3 Å². The number of rotatable bonds is 0. The summed E-state index contributed by atoms with van der Waals surface area (Å²) in [7, 11) is 0. The van der Waals surface area contributed by atoms with Gasteiger partial charge in [-0.05, 0) is 52.9 Å². The highest BCUT2D eigenvalue weighted by Gasteiger charge is 2.34. The molecule has 0 radical (unpaired) electrons. The Morgan fingerprint density at radius 1 is 0.619 bits per heavy atom. The van der Waals surface area contributed by atoms with E-state index in [4.69, 9.17) is 0 Å². The normalized spacial score (nSPS) is 14.0. The summed E-state index contributed by atoms with van der Waals surface area (Å²) < 4.78 is 75.9. The first kappa shape index (κ1) is 14.0. The van der Waals surface area contributed by atoms with E-state index < -0.39 is 23.5 Å². The van der Waals surface area contributed by atoms with E-state index in [0.29, 0.717) is 22.3 Å². The molecule has 0 aliphatic heterocycles. The van der Waals surface area contributed by atoms with Gasteiger partial charge in [0.2, 0.25) is 0 Å². The summed E-state index contributed by atoms with van der Waals surface area (Å²) in [6.45, 7) is 0. The topological polar surface area (TPSA) is 0 Å². The van der Waals surface area contributed by atoms with Crippen LogP contribution in [0.3, 0.4) is 0 Å². The number of fused-ring (bicyclic) bond motifs is 3.